The molecule has 3 heterocycles. The number of hydrogen-bond donors (Lipinski definition) is 0. The molecule has 0 aliphatic rings. The van der Waals surface area contributed by atoms with Crippen LogP contribution < -0.4 is 16.1 Å². The molecule has 12 heteroatoms. The topological polar surface area (TPSA) is 96.2 Å². The third-order valence-electron chi connectivity index (χ3n) is 4.77. The highest BCUT2D eigenvalue weighted by atomic mass is 35.5. The Kier molecular flexibility index (Phi) is 5.69. The third-order valence-corrected chi connectivity index (χ3v) is 6.23. The van der Waals surface area contributed by atoms with Crippen LogP contribution in [0.4, 0.5) is 0 Å². The molecule has 0 N–H and O–H groups in total. The van der Waals surface area contributed by atoms with Gasteiger partial charge in [-0.2, -0.15) is 9.98 Å². The second-order valence-corrected chi connectivity index (χ2v) is 8.37. The first-order valence-corrected chi connectivity index (χ1v) is 10.7. The van der Waals surface area contributed by atoms with E-state index in [-0.39, 0.29) is 23.0 Å². The lowest BCUT2D eigenvalue weighted by Gasteiger charge is -2.06. The maximum Gasteiger partial charge on any atom is 0.332 e. The molecule has 0 fully saturated rings. The van der Waals surface area contributed by atoms with Gasteiger partial charge in [-0.05, 0) is 23.2 Å². The Morgan fingerprint density at radius 2 is 1.90 bits per heavy atom. The first-order chi connectivity index (χ1) is 14.8. The van der Waals surface area contributed by atoms with Crippen molar-refractivity contribution in [2.45, 2.75) is 13.1 Å². The highest BCUT2D eigenvalue weighted by Gasteiger charge is 2.19. The van der Waals surface area contributed by atoms with E-state index in [0.29, 0.717) is 16.4 Å². The summed E-state index contributed by atoms with van der Waals surface area (Å²) in [5.41, 5.74) is -0.0575. The number of halogens is 2. The van der Waals surface area contributed by atoms with Crippen molar-refractivity contribution in [3.05, 3.63) is 77.4 Å². The Balaban J connectivity index is 1.71. The number of hydrogen-bond acceptors (Lipinski definition) is 5. The summed E-state index contributed by atoms with van der Waals surface area (Å²) in [6, 6.07) is 7.43. The van der Waals surface area contributed by atoms with Crippen LogP contribution in [0.1, 0.15) is 5.56 Å². The van der Waals surface area contributed by atoms with E-state index < -0.39 is 17.2 Å². The van der Waals surface area contributed by atoms with Crippen molar-refractivity contribution in [1.29, 1.82) is 0 Å². The zero-order valence-electron chi connectivity index (χ0n) is 16.5. The highest BCUT2D eigenvalue weighted by molar-refractivity contribution is 7.07. The Bertz CT molecular complexity index is 1510. The van der Waals surface area contributed by atoms with E-state index in [2.05, 4.69) is 9.98 Å². The van der Waals surface area contributed by atoms with Crippen molar-refractivity contribution in [3.63, 3.8) is 0 Å². The number of benzene rings is 1. The van der Waals surface area contributed by atoms with Gasteiger partial charge in [-0.1, -0.05) is 29.8 Å². The van der Waals surface area contributed by atoms with E-state index in [1.54, 1.807) is 10.6 Å². The summed E-state index contributed by atoms with van der Waals surface area (Å²) in [5, 5.41) is 2.36. The lowest BCUT2D eigenvalue weighted by atomic mass is 10.2. The van der Waals surface area contributed by atoms with Crippen LogP contribution in [0.25, 0.3) is 11.2 Å². The van der Waals surface area contributed by atoms with Crippen molar-refractivity contribution in [3.8, 4) is 0 Å². The monoisotopic (exact) mass is 478 g/mol. The van der Waals surface area contributed by atoms with E-state index in [9.17, 15) is 14.4 Å². The Labute approximate surface area is 189 Å². The van der Waals surface area contributed by atoms with Crippen molar-refractivity contribution in [1.82, 2.24) is 23.3 Å². The minimum absolute atomic E-state index is 0.0632. The normalized spacial score (nSPS) is 12.1. The number of aromatic nitrogens is 5. The number of amides is 1. The fourth-order valence-corrected chi connectivity index (χ4v) is 4.32. The lowest BCUT2D eigenvalue weighted by molar-refractivity contribution is -0.118. The van der Waals surface area contributed by atoms with Gasteiger partial charge < -0.3 is 4.57 Å². The molecule has 0 atom stereocenters. The summed E-state index contributed by atoms with van der Waals surface area (Å²) in [6.45, 7) is 0.152. The Morgan fingerprint density at radius 1 is 1.16 bits per heavy atom. The van der Waals surface area contributed by atoms with Crippen LogP contribution in [0.3, 0.4) is 0 Å². The Morgan fingerprint density at radius 3 is 2.65 bits per heavy atom. The zero-order chi connectivity index (χ0) is 22.3. The first-order valence-electron chi connectivity index (χ1n) is 9.04. The van der Waals surface area contributed by atoms with Crippen molar-refractivity contribution < 1.29 is 4.79 Å². The quantitative estimate of drug-likeness (QED) is 0.417. The minimum Gasteiger partial charge on any atom is -0.319 e. The van der Waals surface area contributed by atoms with Crippen LogP contribution in [0.15, 0.2) is 50.4 Å². The molecule has 4 rings (SSSR count). The summed E-state index contributed by atoms with van der Waals surface area (Å²) < 4.78 is 5.21. The first kappa shape index (κ1) is 21.3. The van der Waals surface area contributed by atoms with E-state index in [4.69, 9.17) is 23.2 Å². The number of thiazole rings is 1. The molecular formula is C19H16Cl2N6O3S. The SMILES string of the molecule is Cn1c(=O)c2c(nc(Cl)n2CC(=O)N=c2sccn2Cc2ccccc2Cl)n(C)c1=O. The summed E-state index contributed by atoms with van der Waals surface area (Å²) in [6.07, 6.45) is 1.81. The molecular weight excluding hydrogens is 463 g/mol. The van der Waals surface area contributed by atoms with Crippen LogP contribution >= 0.6 is 34.5 Å². The average Bonchev–Trinajstić information content (AvgIpc) is 3.30. The van der Waals surface area contributed by atoms with Crippen molar-refractivity contribution in [2.24, 2.45) is 19.1 Å². The molecule has 0 bridgehead atoms. The van der Waals surface area contributed by atoms with Gasteiger partial charge in [0.05, 0.1) is 6.54 Å². The van der Waals surface area contributed by atoms with Crippen molar-refractivity contribution >= 4 is 51.6 Å². The standard InChI is InChI=1S/C19H16Cl2N6O3S/c1-24-15-14(16(29)25(2)19(24)30)27(17(21)23-15)10-13(28)22-18-26(7-8-31-18)9-11-5-3-4-6-12(11)20/h3-8H,9-10H2,1-2H3. The summed E-state index contributed by atoms with van der Waals surface area (Å²) in [7, 11) is 2.83. The second-order valence-electron chi connectivity index (χ2n) is 6.76. The smallest absolute Gasteiger partial charge is 0.319 e. The predicted molar refractivity (Wildman–Crippen MR) is 119 cm³/mol. The predicted octanol–water partition coefficient (Wildman–Crippen LogP) is 1.78. The Hall–Kier alpha value is -2.95. The molecule has 1 aromatic carbocycles. The molecule has 4 aromatic rings. The van der Waals surface area contributed by atoms with Gasteiger partial charge in [0.15, 0.2) is 16.0 Å². The fraction of sp³-hybridized carbons (Fsp3) is 0.211. The van der Waals surface area contributed by atoms with Crippen molar-refractivity contribution in [2.75, 3.05) is 0 Å². The number of carbonyl (C=O) groups excluding carboxylic acids is 1. The van der Waals surface area contributed by atoms with Gasteiger partial charge in [0.2, 0.25) is 5.28 Å². The van der Waals surface area contributed by atoms with Gasteiger partial charge in [0.25, 0.3) is 11.5 Å². The number of carbonyl (C=O) groups is 1. The molecule has 31 heavy (non-hydrogen) atoms. The maximum atomic E-state index is 12.7. The summed E-state index contributed by atoms with van der Waals surface area (Å²) >= 11 is 13.7. The van der Waals surface area contributed by atoms with Crippen LogP contribution in [-0.2, 0) is 32.0 Å². The van der Waals surface area contributed by atoms with Crippen LogP contribution in [0, 0.1) is 0 Å². The molecule has 0 saturated carbocycles. The molecule has 1 amide bonds. The van der Waals surface area contributed by atoms with Gasteiger partial charge >= 0.3 is 5.69 Å². The lowest BCUT2D eigenvalue weighted by Crippen LogP contribution is -2.37. The molecule has 0 aliphatic carbocycles. The molecule has 0 aliphatic heterocycles. The van der Waals surface area contributed by atoms with E-state index in [0.717, 1.165) is 10.1 Å². The van der Waals surface area contributed by atoms with Gasteiger partial charge in [-0.25, -0.2) is 4.79 Å². The average molecular weight is 479 g/mol. The van der Waals surface area contributed by atoms with Gasteiger partial charge in [-0.3, -0.25) is 23.3 Å². The van der Waals surface area contributed by atoms with Gasteiger partial charge in [-0.15, -0.1) is 11.3 Å². The number of imidazole rings is 1. The molecule has 3 aromatic heterocycles. The van der Waals surface area contributed by atoms with Gasteiger partial charge in [0.1, 0.15) is 6.54 Å². The van der Waals surface area contributed by atoms with E-state index in [1.807, 2.05) is 29.8 Å². The summed E-state index contributed by atoms with van der Waals surface area (Å²) in [5.74, 6) is -0.521. The van der Waals surface area contributed by atoms with Gasteiger partial charge in [0, 0.05) is 30.7 Å². The molecule has 0 saturated heterocycles. The fourth-order valence-electron chi connectivity index (χ4n) is 3.16. The third kappa shape index (κ3) is 3.89. The second kappa shape index (κ2) is 8.29. The van der Waals surface area contributed by atoms with E-state index in [1.165, 1.54) is 34.6 Å². The molecule has 0 spiro atoms. The number of nitrogens with zero attached hydrogens (tertiary/aromatic N) is 6. The molecule has 0 radical (unpaired) electrons. The van der Waals surface area contributed by atoms with Crippen LogP contribution in [0.2, 0.25) is 10.3 Å². The molecule has 9 nitrogen and oxygen atoms in total. The molecule has 0 unspecified atom stereocenters. The van der Waals surface area contributed by atoms with Crippen LogP contribution in [-0.4, -0.2) is 29.2 Å². The minimum atomic E-state index is -0.588. The maximum absolute atomic E-state index is 12.7. The highest BCUT2D eigenvalue weighted by Crippen LogP contribution is 2.17. The largest absolute Gasteiger partial charge is 0.332 e. The number of fused-ring (bicyclic) bond motifs is 1. The number of aryl methyl sites for hydroxylation is 1. The van der Waals surface area contributed by atoms with E-state index >= 15 is 0 Å². The summed E-state index contributed by atoms with van der Waals surface area (Å²) in [4.78, 5) is 46.1. The zero-order valence-corrected chi connectivity index (χ0v) is 18.8. The molecule has 160 valence electrons. The van der Waals surface area contributed by atoms with Crippen LogP contribution in [0.5, 0.6) is 0 Å². The number of rotatable bonds is 4.